The summed E-state index contributed by atoms with van der Waals surface area (Å²) in [6.45, 7) is 8.46. The fourth-order valence-electron chi connectivity index (χ4n) is 2.90. The van der Waals surface area contributed by atoms with E-state index in [1.165, 1.54) is 11.1 Å². The van der Waals surface area contributed by atoms with Crippen molar-refractivity contribution in [2.75, 3.05) is 26.2 Å². The van der Waals surface area contributed by atoms with E-state index in [1.54, 1.807) is 6.07 Å². The zero-order valence-corrected chi connectivity index (χ0v) is 11.4. The van der Waals surface area contributed by atoms with Gasteiger partial charge in [0.15, 0.2) is 0 Å². The summed E-state index contributed by atoms with van der Waals surface area (Å²) in [4.78, 5) is 2.48. The Labute approximate surface area is 113 Å². The first-order valence-electron chi connectivity index (χ1n) is 7.02. The molecule has 2 aromatic rings. The number of rotatable bonds is 3. The molecule has 0 spiro atoms. The lowest BCUT2D eigenvalue weighted by Gasteiger charge is -2.27. The predicted molar refractivity (Wildman–Crippen MR) is 77.4 cm³/mol. The average Bonchev–Trinajstić information content (AvgIpc) is 2.76. The molecule has 1 aromatic carbocycles. The number of phenolic OH excluding ortho intramolecular Hbond substituents is 1. The molecular weight excluding hydrogens is 238 g/mol. The number of phenols is 1. The van der Waals surface area contributed by atoms with Crippen molar-refractivity contribution in [3.8, 4) is 5.75 Å². The van der Waals surface area contributed by atoms with Gasteiger partial charge in [-0.15, -0.1) is 0 Å². The van der Waals surface area contributed by atoms with E-state index >= 15 is 0 Å². The minimum atomic E-state index is 0.342. The first kappa shape index (κ1) is 12.5. The maximum atomic E-state index is 9.65. The van der Waals surface area contributed by atoms with Crippen LogP contribution in [-0.4, -0.2) is 40.8 Å². The van der Waals surface area contributed by atoms with Crippen molar-refractivity contribution in [1.82, 2.24) is 14.8 Å². The molecule has 0 amide bonds. The molecule has 0 radical (unpaired) electrons. The van der Waals surface area contributed by atoms with Gasteiger partial charge >= 0.3 is 0 Å². The molecule has 1 aliphatic rings. The number of aromatic hydroxyl groups is 1. The van der Waals surface area contributed by atoms with Crippen molar-refractivity contribution in [1.29, 1.82) is 0 Å². The largest absolute Gasteiger partial charge is 0.508 e. The Bertz CT molecular complexity index is 570. The number of fused-ring (bicyclic) bond motifs is 1. The maximum Gasteiger partial charge on any atom is 0.117 e. The van der Waals surface area contributed by atoms with Gasteiger partial charge < -0.3 is 15.0 Å². The second kappa shape index (κ2) is 5.23. The van der Waals surface area contributed by atoms with Crippen molar-refractivity contribution >= 4 is 10.9 Å². The summed E-state index contributed by atoms with van der Waals surface area (Å²) < 4.78 is 2.30. The van der Waals surface area contributed by atoms with Gasteiger partial charge in [0.2, 0.25) is 0 Å². The highest BCUT2D eigenvalue weighted by Gasteiger charge is 2.14. The molecule has 0 saturated carbocycles. The number of nitrogens with zero attached hydrogens (tertiary/aromatic N) is 2. The molecule has 2 heterocycles. The summed E-state index contributed by atoms with van der Waals surface area (Å²) in [5, 5.41) is 14.2. The topological polar surface area (TPSA) is 40.4 Å². The van der Waals surface area contributed by atoms with Gasteiger partial charge in [-0.05, 0) is 25.1 Å². The fraction of sp³-hybridized carbons (Fsp3) is 0.467. The van der Waals surface area contributed by atoms with E-state index in [9.17, 15) is 5.11 Å². The molecule has 0 bridgehead atoms. The highest BCUT2D eigenvalue weighted by atomic mass is 16.3. The molecule has 0 atom stereocenters. The number of hydrogen-bond acceptors (Lipinski definition) is 3. The zero-order valence-electron chi connectivity index (χ0n) is 11.4. The highest BCUT2D eigenvalue weighted by Crippen LogP contribution is 2.25. The third kappa shape index (κ3) is 2.46. The van der Waals surface area contributed by atoms with Gasteiger partial charge in [-0.1, -0.05) is 0 Å². The monoisotopic (exact) mass is 259 g/mol. The van der Waals surface area contributed by atoms with Crippen LogP contribution in [0.4, 0.5) is 0 Å². The molecule has 0 aliphatic carbocycles. The SMILES string of the molecule is CCn1c(CN2CCNCC2)cc2ccc(O)cc21. The van der Waals surface area contributed by atoms with Gasteiger partial charge in [-0.25, -0.2) is 0 Å². The lowest BCUT2D eigenvalue weighted by Crippen LogP contribution is -2.43. The molecular formula is C15H21N3O. The number of nitrogens with one attached hydrogen (secondary N) is 1. The molecule has 1 aromatic heterocycles. The van der Waals surface area contributed by atoms with Gasteiger partial charge in [0.05, 0.1) is 5.52 Å². The van der Waals surface area contributed by atoms with Crippen molar-refractivity contribution in [2.24, 2.45) is 0 Å². The van der Waals surface area contributed by atoms with E-state index in [-0.39, 0.29) is 0 Å². The van der Waals surface area contributed by atoms with Crippen LogP contribution in [0.1, 0.15) is 12.6 Å². The van der Waals surface area contributed by atoms with Crippen molar-refractivity contribution < 1.29 is 5.11 Å². The third-order valence-electron chi connectivity index (χ3n) is 3.89. The second-order valence-electron chi connectivity index (χ2n) is 5.15. The Morgan fingerprint density at radius 1 is 1.21 bits per heavy atom. The van der Waals surface area contributed by atoms with Crippen LogP contribution in [0, 0.1) is 0 Å². The van der Waals surface area contributed by atoms with E-state index in [1.807, 2.05) is 12.1 Å². The fourth-order valence-corrected chi connectivity index (χ4v) is 2.90. The van der Waals surface area contributed by atoms with E-state index in [0.29, 0.717) is 5.75 Å². The smallest absolute Gasteiger partial charge is 0.117 e. The Kier molecular flexibility index (Phi) is 3.44. The first-order chi connectivity index (χ1) is 9.28. The standard InChI is InChI=1S/C15H21N3O/c1-2-18-13(11-17-7-5-16-6-8-17)9-12-3-4-14(19)10-15(12)18/h3-4,9-10,16,19H,2,5-8,11H2,1H3. The molecule has 4 nitrogen and oxygen atoms in total. The normalized spacial score (nSPS) is 17.1. The summed E-state index contributed by atoms with van der Waals surface area (Å²) in [7, 11) is 0. The summed E-state index contributed by atoms with van der Waals surface area (Å²) >= 11 is 0. The minimum Gasteiger partial charge on any atom is -0.508 e. The molecule has 0 unspecified atom stereocenters. The zero-order chi connectivity index (χ0) is 13.2. The summed E-state index contributed by atoms with van der Waals surface area (Å²) in [6.07, 6.45) is 0. The molecule has 19 heavy (non-hydrogen) atoms. The highest BCUT2D eigenvalue weighted by molar-refractivity contribution is 5.82. The Hall–Kier alpha value is -1.52. The van der Waals surface area contributed by atoms with Crippen LogP contribution in [0.2, 0.25) is 0 Å². The Balaban J connectivity index is 1.93. The summed E-state index contributed by atoms with van der Waals surface area (Å²) in [5.41, 5.74) is 2.47. The van der Waals surface area contributed by atoms with Gasteiger partial charge in [0.1, 0.15) is 5.75 Å². The minimum absolute atomic E-state index is 0.342. The van der Waals surface area contributed by atoms with Gasteiger partial charge in [0.25, 0.3) is 0 Å². The van der Waals surface area contributed by atoms with Gasteiger partial charge in [-0.2, -0.15) is 0 Å². The molecule has 4 heteroatoms. The van der Waals surface area contributed by atoms with E-state index in [0.717, 1.165) is 44.8 Å². The van der Waals surface area contributed by atoms with Crippen LogP contribution < -0.4 is 5.32 Å². The number of aryl methyl sites for hydroxylation is 1. The number of benzene rings is 1. The van der Waals surface area contributed by atoms with E-state index < -0.39 is 0 Å². The second-order valence-corrected chi connectivity index (χ2v) is 5.15. The molecule has 1 fully saturated rings. The van der Waals surface area contributed by atoms with Crippen molar-refractivity contribution in [3.05, 3.63) is 30.0 Å². The number of aromatic nitrogens is 1. The van der Waals surface area contributed by atoms with Crippen molar-refractivity contribution in [3.63, 3.8) is 0 Å². The Morgan fingerprint density at radius 2 is 2.00 bits per heavy atom. The summed E-state index contributed by atoms with van der Waals surface area (Å²) in [6, 6.07) is 7.87. The molecule has 1 saturated heterocycles. The van der Waals surface area contributed by atoms with Crippen LogP contribution in [0.3, 0.4) is 0 Å². The number of piperazine rings is 1. The lowest BCUT2D eigenvalue weighted by atomic mass is 10.2. The van der Waals surface area contributed by atoms with E-state index in [4.69, 9.17) is 0 Å². The van der Waals surface area contributed by atoms with Crippen LogP contribution in [-0.2, 0) is 13.1 Å². The van der Waals surface area contributed by atoms with Crippen LogP contribution in [0.15, 0.2) is 24.3 Å². The van der Waals surface area contributed by atoms with Crippen LogP contribution in [0.5, 0.6) is 5.75 Å². The molecule has 102 valence electrons. The van der Waals surface area contributed by atoms with Crippen molar-refractivity contribution in [2.45, 2.75) is 20.0 Å². The molecule has 2 N–H and O–H groups in total. The van der Waals surface area contributed by atoms with Gasteiger partial charge in [0, 0.05) is 56.4 Å². The lowest BCUT2D eigenvalue weighted by molar-refractivity contribution is 0.228. The maximum absolute atomic E-state index is 9.65. The van der Waals surface area contributed by atoms with Gasteiger partial charge in [-0.3, -0.25) is 4.90 Å². The average molecular weight is 259 g/mol. The Morgan fingerprint density at radius 3 is 2.74 bits per heavy atom. The van der Waals surface area contributed by atoms with Crippen LogP contribution >= 0.6 is 0 Å². The first-order valence-corrected chi connectivity index (χ1v) is 7.02. The van der Waals surface area contributed by atoms with E-state index in [2.05, 4.69) is 27.8 Å². The quantitative estimate of drug-likeness (QED) is 0.882. The predicted octanol–water partition coefficient (Wildman–Crippen LogP) is 1.77. The molecule has 1 aliphatic heterocycles. The molecule has 3 rings (SSSR count). The number of hydrogen-bond donors (Lipinski definition) is 2. The third-order valence-corrected chi connectivity index (χ3v) is 3.89. The van der Waals surface area contributed by atoms with Crippen LogP contribution in [0.25, 0.3) is 10.9 Å². The summed E-state index contributed by atoms with van der Waals surface area (Å²) in [5.74, 6) is 0.342.